The molecule has 1 aliphatic rings. The van der Waals surface area contributed by atoms with Gasteiger partial charge in [-0.3, -0.25) is 0 Å². The molecule has 1 unspecified atom stereocenters. The normalized spacial score (nSPS) is 20.0. The van der Waals surface area contributed by atoms with Crippen molar-refractivity contribution in [3.05, 3.63) is 11.4 Å². The second-order valence-electron chi connectivity index (χ2n) is 4.15. The summed E-state index contributed by atoms with van der Waals surface area (Å²) >= 11 is 0. The van der Waals surface area contributed by atoms with Gasteiger partial charge in [0.05, 0.1) is 6.10 Å². The van der Waals surface area contributed by atoms with Crippen LogP contribution >= 0.6 is 0 Å². The maximum absolute atomic E-state index is 5.78. The third kappa shape index (κ3) is 2.41. The number of aromatic nitrogens is 2. The van der Waals surface area contributed by atoms with Crippen LogP contribution in [0.25, 0.3) is 0 Å². The Kier molecular flexibility index (Phi) is 3.24. The van der Waals surface area contributed by atoms with E-state index in [0.717, 1.165) is 37.4 Å². The van der Waals surface area contributed by atoms with Crippen LogP contribution in [0.3, 0.4) is 0 Å². The van der Waals surface area contributed by atoms with E-state index < -0.39 is 0 Å². The van der Waals surface area contributed by atoms with Gasteiger partial charge in [-0.25, -0.2) is 9.97 Å². The number of anilines is 2. The molecule has 5 heteroatoms. The molecular weight excluding hydrogens is 204 g/mol. The van der Waals surface area contributed by atoms with Crippen LogP contribution in [0.1, 0.15) is 24.2 Å². The minimum Gasteiger partial charge on any atom is -0.383 e. The van der Waals surface area contributed by atoms with Gasteiger partial charge in [-0.1, -0.05) is 0 Å². The van der Waals surface area contributed by atoms with Gasteiger partial charge in [-0.2, -0.15) is 0 Å². The first kappa shape index (κ1) is 11.1. The molecule has 1 aliphatic heterocycles. The zero-order valence-corrected chi connectivity index (χ0v) is 9.79. The van der Waals surface area contributed by atoms with Crippen molar-refractivity contribution in [3.63, 3.8) is 0 Å². The van der Waals surface area contributed by atoms with Crippen molar-refractivity contribution in [1.29, 1.82) is 0 Å². The fourth-order valence-electron chi connectivity index (χ4n) is 1.84. The third-order valence-electron chi connectivity index (χ3n) is 2.82. The Bertz CT molecular complexity index is 374. The van der Waals surface area contributed by atoms with Gasteiger partial charge in [0.15, 0.2) is 0 Å². The summed E-state index contributed by atoms with van der Waals surface area (Å²) < 4.78 is 5.54. The number of ether oxygens (including phenoxy) is 1. The molecule has 1 atom stereocenters. The highest BCUT2D eigenvalue weighted by atomic mass is 16.5. The van der Waals surface area contributed by atoms with Crippen LogP contribution in [-0.4, -0.2) is 29.2 Å². The second-order valence-corrected chi connectivity index (χ2v) is 4.15. The van der Waals surface area contributed by atoms with Crippen molar-refractivity contribution < 1.29 is 4.74 Å². The van der Waals surface area contributed by atoms with Gasteiger partial charge in [0.25, 0.3) is 0 Å². The fourth-order valence-corrected chi connectivity index (χ4v) is 1.84. The highest BCUT2D eigenvalue weighted by Crippen LogP contribution is 2.18. The summed E-state index contributed by atoms with van der Waals surface area (Å²) in [6.45, 7) is 5.42. The first-order valence-corrected chi connectivity index (χ1v) is 5.63. The van der Waals surface area contributed by atoms with Gasteiger partial charge in [-0.05, 0) is 26.7 Å². The summed E-state index contributed by atoms with van der Waals surface area (Å²) in [7, 11) is 0. The Morgan fingerprint density at radius 2 is 2.25 bits per heavy atom. The molecule has 0 amide bonds. The Morgan fingerprint density at radius 1 is 1.44 bits per heavy atom. The molecule has 1 aromatic heterocycles. The quantitative estimate of drug-likeness (QED) is 0.805. The largest absolute Gasteiger partial charge is 0.383 e. The van der Waals surface area contributed by atoms with E-state index in [0.29, 0.717) is 17.7 Å². The van der Waals surface area contributed by atoms with Crippen LogP contribution in [0, 0.1) is 13.8 Å². The topological polar surface area (TPSA) is 73.1 Å². The standard InChI is InChI=1S/C11H18N4O/c1-7-10(12)14-8(2)15-11(7)13-6-9-4-3-5-16-9/h9H,3-6H2,1-2H3,(H3,12,13,14,15). The summed E-state index contributed by atoms with van der Waals surface area (Å²) in [5, 5.41) is 3.28. The molecule has 5 nitrogen and oxygen atoms in total. The van der Waals surface area contributed by atoms with Crippen molar-refractivity contribution in [2.75, 3.05) is 24.2 Å². The van der Waals surface area contributed by atoms with Crippen LogP contribution in [0.4, 0.5) is 11.6 Å². The number of hydrogen-bond donors (Lipinski definition) is 2. The molecule has 3 N–H and O–H groups in total. The van der Waals surface area contributed by atoms with Crippen molar-refractivity contribution >= 4 is 11.6 Å². The molecule has 0 saturated carbocycles. The first-order chi connectivity index (χ1) is 7.66. The van der Waals surface area contributed by atoms with Crippen LogP contribution in [0.5, 0.6) is 0 Å². The van der Waals surface area contributed by atoms with Crippen molar-refractivity contribution in [2.24, 2.45) is 0 Å². The van der Waals surface area contributed by atoms with E-state index in [1.807, 2.05) is 13.8 Å². The average Bonchev–Trinajstić information content (AvgIpc) is 2.74. The van der Waals surface area contributed by atoms with E-state index in [9.17, 15) is 0 Å². The van der Waals surface area contributed by atoms with E-state index >= 15 is 0 Å². The molecule has 88 valence electrons. The fraction of sp³-hybridized carbons (Fsp3) is 0.636. The first-order valence-electron chi connectivity index (χ1n) is 5.63. The van der Waals surface area contributed by atoms with Gasteiger partial charge in [0.1, 0.15) is 17.5 Å². The van der Waals surface area contributed by atoms with Crippen molar-refractivity contribution in [3.8, 4) is 0 Å². The zero-order valence-electron chi connectivity index (χ0n) is 9.79. The molecule has 2 heterocycles. The minimum atomic E-state index is 0.302. The second kappa shape index (κ2) is 4.65. The Morgan fingerprint density at radius 3 is 2.94 bits per heavy atom. The maximum atomic E-state index is 5.78. The molecule has 1 fully saturated rings. The van der Waals surface area contributed by atoms with Gasteiger partial charge in [0.2, 0.25) is 0 Å². The number of nitrogens with one attached hydrogen (secondary N) is 1. The van der Waals surface area contributed by atoms with E-state index in [4.69, 9.17) is 10.5 Å². The summed E-state index contributed by atoms with van der Waals surface area (Å²) in [6.07, 6.45) is 2.57. The monoisotopic (exact) mass is 222 g/mol. The average molecular weight is 222 g/mol. The summed E-state index contributed by atoms with van der Waals surface area (Å²) in [6, 6.07) is 0. The van der Waals surface area contributed by atoms with E-state index in [1.54, 1.807) is 0 Å². The van der Waals surface area contributed by atoms with E-state index in [1.165, 1.54) is 0 Å². The number of nitrogens with zero attached hydrogens (tertiary/aromatic N) is 2. The lowest BCUT2D eigenvalue weighted by Crippen LogP contribution is -2.20. The molecule has 2 rings (SSSR count). The van der Waals surface area contributed by atoms with Crippen molar-refractivity contribution in [1.82, 2.24) is 9.97 Å². The highest BCUT2D eigenvalue weighted by Gasteiger charge is 2.16. The Balaban J connectivity index is 2.02. The lowest BCUT2D eigenvalue weighted by atomic mass is 10.2. The Hall–Kier alpha value is -1.36. The van der Waals surface area contributed by atoms with Gasteiger partial charge in [0, 0.05) is 18.7 Å². The zero-order chi connectivity index (χ0) is 11.5. The molecule has 0 aromatic carbocycles. The third-order valence-corrected chi connectivity index (χ3v) is 2.82. The van der Waals surface area contributed by atoms with Crippen LogP contribution in [0.2, 0.25) is 0 Å². The highest BCUT2D eigenvalue weighted by molar-refractivity contribution is 5.54. The van der Waals surface area contributed by atoms with Crippen LogP contribution < -0.4 is 11.1 Å². The van der Waals surface area contributed by atoms with Crippen LogP contribution in [-0.2, 0) is 4.74 Å². The lowest BCUT2D eigenvalue weighted by Gasteiger charge is -2.14. The molecule has 1 aromatic rings. The number of rotatable bonds is 3. The SMILES string of the molecule is Cc1nc(N)c(C)c(NCC2CCCO2)n1. The van der Waals surface area contributed by atoms with Gasteiger partial charge in [-0.15, -0.1) is 0 Å². The number of nitrogens with two attached hydrogens (primary N) is 1. The van der Waals surface area contributed by atoms with Gasteiger partial charge < -0.3 is 15.8 Å². The van der Waals surface area contributed by atoms with Gasteiger partial charge >= 0.3 is 0 Å². The minimum absolute atomic E-state index is 0.302. The molecular formula is C11H18N4O. The summed E-state index contributed by atoms with van der Waals surface area (Å²) in [5.41, 5.74) is 6.69. The molecule has 1 saturated heterocycles. The molecule has 0 bridgehead atoms. The molecule has 0 radical (unpaired) electrons. The van der Waals surface area contributed by atoms with E-state index in [2.05, 4.69) is 15.3 Å². The Labute approximate surface area is 95.4 Å². The number of hydrogen-bond acceptors (Lipinski definition) is 5. The number of aryl methyl sites for hydroxylation is 1. The maximum Gasteiger partial charge on any atom is 0.134 e. The number of nitrogen functional groups attached to an aromatic ring is 1. The smallest absolute Gasteiger partial charge is 0.134 e. The predicted octanol–water partition coefficient (Wildman–Crippen LogP) is 1.27. The van der Waals surface area contributed by atoms with Crippen LogP contribution in [0.15, 0.2) is 0 Å². The molecule has 0 aliphatic carbocycles. The van der Waals surface area contributed by atoms with E-state index in [-0.39, 0.29) is 0 Å². The van der Waals surface area contributed by atoms with Crippen molar-refractivity contribution in [2.45, 2.75) is 32.8 Å². The lowest BCUT2D eigenvalue weighted by molar-refractivity contribution is 0.120. The summed E-state index contributed by atoms with van der Waals surface area (Å²) in [5.74, 6) is 2.06. The molecule has 0 spiro atoms. The molecule has 16 heavy (non-hydrogen) atoms. The predicted molar refractivity (Wildman–Crippen MR) is 63.4 cm³/mol. The summed E-state index contributed by atoms with van der Waals surface area (Å²) in [4.78, 5) is 8.45.